The van der Waals surface area contributed by atoms with Gasteiger partial charge in [0.2, 0.25) is 0 Å². The predicted octanol–water partition coefficient (Wildman–Crippen LogP) is 0.464. The van der Waals surface area contributed by atoms with Crippen LogP contribution in [-0.4, -0.2) is 22.3 Å². The lowest BCUT2D eigenvalue weighted by Crippen LogP contribution is -2.39. The highest BCUT2D eigenvalue weighted by atomic mass is 16.5. The molecule has 0 saturated carbocycles. The molecule has 0 amide bonds. The van der Waals surface area contributed by atoms with E-state index in [0.29, 0.717) is 0 Å². The molecular weight excluding hydrogens is 134 g/mol. The highest BCUT2D eigenvalue weighted by molar-refractivity contribution is 5.73. The molecule has 0 aromatic carbocycles. The number of carbonyl (C=O) groups is 1. The lowest BCUT2D eigenvalue weighted by Gasteiger charge is -2.15. The van der Waals surface area contributed by atoms with E-state index in [-0.39, 0.29) is 5.92 Å². The van der Waals surface area contributed by atoms with Crippen LogP contribution in [0.5, 0.6) is 0 Å². The van der Waals surface area contributed by atoms with Gasteiger partial charge in [0.05, 0.1) is 0 Å². The first-order chi connectivity index (χ1) is 4.63. The van der Waals surface area contributed by atoms with Gasteiger partial charge >= 0.3 is 5.97 Å². The highest BCUT2D eigenvalue weighted by Crippen LogP contribution is 2.06. The van der Waals surface area contributed by atoms with Crippen molar-refractivity contribution in [2.24, 2.45) is 5.92 Å². The van der Waals surface area contributed by atoms with E-state index in [0.717, 1.165) is 6.42 Å². The molecule has 3 N–H and O–H groups in total. The molecule has 60 valence electrons. The maximum Gasteiger partial charge on any atom is 0.323 e. The molecule has 0 aromatic heterocycles. The van der Waals surface area contributed by atoms with Gasteiger partial charge in [0.1, 0.15) is 6.04 Å². The number of hydroxylamine groups is 1. The maximum atomic E-state index is 10.3. The summed E-state index contributed by atoms with van der Waals surface area (Å²) in [5.74, 6) is -1.07. The van der Waals surface area contributed by atoms with Crippen molar-refractivity contribution < 1.29 is 15.1 Å². The summed E-state index contributed by atoms with van der Waals surface area (Å²) in [5, 5.41) is 16.8. The Morgan fingerprint density at radius 2 is 2.20 bits per heavy atom. The van der Waals surface area contributed by atoms with E-state index in [9.17, 15) is 4.79 Å². The minimum atomic E-state index is -1.02. The Labute approximate surface area is 59.8 Å². The summed E-state index contributed by atoms with van der Waals surface area (Å²) in [6, 6.07) is -0.843. The van der Waals surface area contributed by atoms with Gasteiger partial charge in [-0.1, -0.05) is 20.3 Å². The Morgan fingerprint density at radius 1 is 1.70 bits per heavy atom. The highest BCUT2D eigenvalue weighted by Gasteiger charge is 2.21. The normalized spacial score (nSPS) is 16.3. The van der Waals surface area contributed by atoms with Crippen molar-refractivity contribution in [3.8, 4) is 0 Å². The topological polar surface area (TPSA) is 69.6 Å². The summed E-state index contributed by atoms with van der Waals surface area (Å²) >= 11 is 0. The van der Waals surface area contributed by atoms with E-state index in [1.54, 1.807) is 12.4 Å². The molecule has 0 radical (unpaired) electrons. The number of aliphatic carboxylic acids is 1. The molecule has 0 heterocycles. The fraction of sp³-hybridized carbons (Fsp3) is 0.833. The molecule has 0 aromatic rings. The number of rotatable bonds is 4. The number of hydrogen-bond acceptors (Lipinski definition) is 3. The first-order valence-electron chi connectivity index (χ1n) is 3.25. The molecule has 0 bridgehead atoms. The van der Waals surface area contributed by atoms with E-state index in [1.807, 2.05) is 6.92 Å². The molecule has 0 spiro atoms. The Bertz CT molecular complexity index is 116. The van der Waals surface area contributed by atoms with Gasteiger partial charge in [-0.2, -0.15) is 5.48 Å². The molecule has 0 aliphatic carbocycles. The van der Waals surface area contributed by atoms with Gasteiger partial charge in [-0.15, -0.1) is 0 Å². The van der Waals surface area contributed by atoms with Crippen LogP contribution in [0, 0.1) is 5.92 Å². The molecule has 0 aliphatic heterocycles. The molecule has 2 unspecified atom stereocenters. The third-order valence-corrected chi connectivity index (χ3v) is 1.62. The second-order valence-electron chi connectivity index (χ2n) is 2.33. The predicted molar refractivity (Wildman–Crippen MR) is 35.8 cm³/mol. The first-order valence-corrected chi connectivity index (χ1v) is 3.25. The summed E-state index contributed by atoms with van der Waals surface area (Å²) < 4.78 is 0. The second-order valence-corrected chi connectivity index (χ2v) is 2.33. The number of nitrogens with one attached hydrogen (secondary N) is 1. The van der Waals surface area contributed by atoms with Crippen LogP contribution < -0.4 is 5.48 Å². The summed E-state index contributed by atoms with van der Waals surface area (Å²) in [5.41, 5.74) is 1.75. The first kappa shape index (κ1) is 9.39. The van der Waals surface area contributed by atoms with E-state index >= 15 is 0 Å². The quantitative estimate of drug-likeness (QED) is 0.505. The summed E-state index contributed by atoms with van der Waals surface area (Å²) in [7, 11) is 0. The van der Waals surface area contributed by atoms with Gasteiger partial charge in [0.15, 0.2) is 0 Å². The third-order valence-electron chi connectivity index (χ3n) is 1.62. The van der Waals surface area contributed by atoms with Crippen molar-refractivity contribution in [1.29, 1.82) is 0 Å². The van der Waals surface area contributed by atoms with Gasteiger partial charge in [0.25, 0.3) is 0 Å². The van der Waals surface area contributed by atoms with Crippen molar-refractivity contribution >= 4 is 5.97 Å². The standard InChI is InChI=1S/C6H13NO3/c1-3-4(2)5(7-10)6(8)9/h4-5,7,10H,3H2,1-2H3,(H,8,9). The molecular formula is C6H13NO3. The van der Waals surface area contributed by atoms with Crippen LogP contribution in [0.15, 0.2) is 0 Å². The zero-order valence-electron chi connectivity index (χ0n) is 6.16. The molecule has 4 nitrogen and oxygen atoms in total. The second kappa shape index (κ2) is 4.24. The molecule has 0 rings (SSSR count). The average molecular weight is 147 g/mol. The average Bonchev–Trinajstić information content (AvgIpc) is 1.88. The van der Waals surface area contributed by atoms with Gasteiger partial charge in [-0.05, 0) is 5.92 Å². The third kappa shape index (κ3) is 2.33. The molecule has 0 aliphatic rings. The summed E-state index contributed by atoms with van der Waals surface area (Å²) in [4.78, 5) is 10.3. The van der Waals surface area contributed by atoms with E-state index < -0.39 is 12.0 Å². The number of hydrogen-bond donors (Lipinski definition) is 3. The van der Waals surface area contributed by atoms with Gasteiger partial charge in [0, 0.05) is 0 Å². The van der Waals surface area contributed by atoms with Crippen LogP contribution in [0.1, 0.15) is 20.3 Å². The van der Waals surface area contributed by atoms with Gasteiger partial charge in [-0.3, -0.25) is 4.79 Å². The maximum absolute atomic E-state index is 10.3. The van der Waals surface area contributed by atoms with Crippen molar-refractivity contribution in [1.82, 2.24) is 5.48 Å². The van der Waals surface area contributed by atoms with Crippen molar-refractivity contribution in [3.05, 3.63) is 0 Å². The zero-order chi connectivity index (χ0) is 8.15. The lowest BCUT2D eigenvalue weighted by molar-refractivity contribution is -0.144. The fourth-order valence-corrected chi connectivity index (χ4v) is 0.662. The monoisotopic (exact) mass is 147 g/mol. The Morgan fingerprint density at radius 3 is 2.30 bits per heavy atom. The van der Waals surface area contributed by atoms with Gasteiger partial charge in [-0.25, -0.2) is 0 Å². The Balaban J connectivity index is 3.92. The van der Waals surface area contributed by atoms with Crippen LogP contribution in [0.25, 0.3) is 0 Å². The minimum Gasteiger partial charge on any atom is -0.480 e. The molecule has 4 heteroatoms. The van der Waals surface area contributed by atoms with Crippen molar-refractivity contribution in [2.45, 2.75) is 26.3 Å². The van der Waals surface area contributed by atoms with Gasteiger partial charge < -0.3 is 10.3 Å². The van der Waals surface area contributed by atoms with Crippen LogP contribution in [0.2, 0.25) is 0 Å². The Kier molecular flexibility index (Phi) is 3.99. The number of carboxylic acid groups (broad SMARTS) is 1. The summed E-state index contributed by atoms with van der Waals surface area (Å²) in [6.45, 7) is 3.64. The Hall–Kier alpha value is -0.610. The molecule has 10 heavy (non-hydrogen) atoms. The van der Waals surface area contributed by atoms with E-state index in [1.165, 1.54) is 0 Å². The van der Waals surface area contributed by atoms with Crippen molar-refractivity contribution in [3.63, 3.8) is 0 Å². The SMILES string of the molecule is CCC(C)C(NO)C(=O)O. The minimum absolute atomic E-state index is 0.0532. The molecule has 0 fully saturated rings. The fourth-order valence-electron chi connectivity index (χ4n) is 0.662. The molecule has 2 atom stereocenters. The largest absolute Gasteiger partial charge is 0.480 e. The van der Waals surface area contributed by atoms with E-state index in [4.69, 9.17) is 10.3 Å². The van der Waals surface area contributed by atoms with Crippen LogP contribution in [0.4, 0.5) is 0 Å². The van der Waals surface area contributed by atoms with Crippen LogP contribution in [-0.2, 0) is 4.79 Å². The zero-order valence-corrected chi connectivity index (χ0v) is 6.16. The lowest BCUT2D eigenvalue weighted by atomic mass is 10.0. The van der Waals surface area contributed by atoms with E-state index in [2.05, 4.69) is 0 Å². The molecule has 0 saturated heterocycles. The van der Waals surface area contributed by atoms with Crippen molar-refractivity contribution in [2.75, 3.05) is 0 Å². The summed E-state index contributed by atoms with van der Waals surface area (Å²) in [6.07, 6.45) is 0.727. The smallest absolute Gasteiger partial charge is 0.323 e. The van der Waals surface area contributed by atoms with Crippen LogP contribution in [0.3, 0.4) is 0 Å². The van der Waals surface area contributed by atoms with Crippen LogP contribution >= 0.6 is 0 Å². The number of carboxylic acids is 1.